The Balaban J connectivity index is 1.60. The van der Waals surface area contributed by atoms with E-state index in [1.807, 2.05) is 32.0 Å². The van der Waals surface area contributed by atoms with Gasteiger partial charge in [-0.2, -0.15) is 18.4 Å². The molecule has 0 radical (unpaired) electrons. The molecule has 2 heterocycles. The van der Waals surface area contributed by atoms with Gasteiger partial charge >= 0.3 is 6.18 Å². The number of aromatic nitrogens is 2. The Kier molecular flexibility index (Phi) is 5.75. The normalized spacial score (nSPS) is 14.2. The van der Waals surface area contributed by atoms with Crippen molar-refractivity contribution in [2.24, 2.45) is 0 Å². The molecule has 4 rings (SSSR count). The number of imidazole rings is 1. The lowest BCUT2D eigenvalue weighted by Crippen LogP contribution is -2.48. The zero-order valence-corrected chi connectivity index (χ0v) is 18.5. The third kappa shape index (κ3) is 4.23. The third-order valence-corrected chi connectivity index (χ3v) is 6.13. The van der Waals surface area contributed by atoms with Crippen molar-refractivity contribution in [3.05, 3.63) is 75.7 Å². The summed E-state index contributed by atoms with van der Waals surface area (Å²) in [6.45, 7) is 6.50. The molecule has 1 aliphatic heterocycles. The summed E-state index contributed by atoms with van der Waals surface area (Å²) in [4.78, 5) is 21.1. The SMILES string of the molecule is CCc1nc(C(F)(F)F)[nH]c1-c1cc(C(=O)N2CC(c3ccc(C#N)cc3)C2)c(C)cc1C. The lowest BCUT2D eigenvalue weighted by molar-refractivity contribution is -0.144. The Morgan fingerprint density at radius 1 is 1.18 bits per heavy atom. The first kappa shape index (κ1) is 22.6. The molecule has 0 bridgehead atoms. The van der Waals surface area contributed by atoms with Crippen molar-refractivity contribution in [2.75, 3.05) is 13.1 Å². The molecule has 0 atom stereocenters. The highest BCUT2D eigenvalue weighted by Crippen LogP contribution is 2.35. The van der Waals surface area contributed by atoms with E-state index < -0.39 is 12.0 Å². The maximum Gasteiger partial charge on any atom is 0.449 e. The van der Waals surface area contributed by atoms with E-state index in [2.05, 4.69) is 16.0 Å². The summed E-state index contributed by atoms with van der Waals surface area (Å²) in [5.41, 5.74) is 4.85. The second-order valence-electron chi connectivity index (χ2n) is 8.38. The number of benzene rings is 2. The zero-order chi connectivity index (χ0) is 23.9. The van der Waals surface area contributed by atoms with Crippen molar-refractivity contribution in [1.29, 1.82) is 5.26 Å². The van der Waals surface area contributed by atoms with Crippen LogP contribution in [0, 0.1) is 25.2 Å². The Bertz CT molecular complexity index is 1250. The maximum absolute atomic E-state index is 13.2. The number of carbonyl (C=O) groups excluding carboxylic acids is 1. The van der Waals surface area contributed by atoms with E-state index in [1.54, 1.807) is 30.0 Å². The van der Waals surface area contributed by atoms with E-state index in [1.165, 1.54) is 0 Å². The van der Waals surface area contributed by atoms with Crippen molar-refractivity contribution >= 4 is 5.91 Å². The minimum absolute atomic E-state index is 0.146. The lowest BCUT2D eigenvalue weighted by atomic mass is 9.89. The highest BCUT2D eigenvalue weighted by Gasteiger charge is 2.36. The minimum atomic E-state index is -4.57. The van der Waals surface area contributed by atoms with Gasteiger partial charge in [-0.25, -0.2) is 4.98 Å². The van der Waals surface area contributed by atoms with Gasteiger partial charge in [0.15, 0.2) is 0 Å². The number of H-pyrrole nitrogens is 1. The minimum Gasteiger partial charge on any atom is -0.337 e. The Labute approximate surface area is 189 Å². The fourth-order valence-corrected chi connectivity index (χ4v) is 4.23. The monoisotopic (exact) mass is 452 g/mol. The number of aryl methyl sites for hydroxylation is 3. The van der Waals surface area contributed by atoms with E-state index in [0.717, 1.165) is 16.7 Å². The quantitative estimate of drug-likeness (QED) is 0.577. The summed E-state index contributed by atoms with van der Waals surface area (Å²) in [6.07, 6.45) is -4.24. The summed E-state index contributed by atoms with van der Waals surface area (Å²) < 4.78 is 39.6. The molecular formula is C25H23F3N4O. The van der Waals surface area contributed by atoms with E-state index in [-0.39, 0.29) is 11.8 Å². The van der Waals surface area contributed by atoms with Gasteiger partial charge < -0.3 is 9.88 Å². The highest BCUT2D eigenvalue weighted by molar-refractivity contribution is 5.98. The summed E-state index contributed by atoms with van der Waals surface area (Å²) in [6, 6.07) is 12.9. The number of halogens is 3. The molecule has 0 spiro atoms. The number of rotatable bonds is 4. The third-order valence-electron chi connectivity index (χ3n) is 6.13. The van der Waals surface area contributed by atoms with Gasteiger partial charge in [0, 0.05) is 30.1 Å². The molecule has 5 nitrogen and oxygen atoms in total. The highest BCUT2D eigenvalue weighted by atomic mass is 19.4. The van der Waals surface area contributed by atoms with Crippen molar-refractivity contribution in [2.45, 2.75) is 39.3 Å². The molecule has 0 unspecified atom stereocenters. The van der Waals surface area contributed by atoms with Crippen LogP contribution in [0.25, 0.3) is 11.3 Å². The number of carbonyl (C=O) groups is 1. The summed E-state index contributed by atoms with van der Waals surface area (Å²) in [5.74, 6) is -0.983. The smallest absolute Gasteiger partial charge is 0.337 e. The van der Waals surface area contributed by atoms with Crippen LogP contribution in [0.5, 0.6) is 0 Å². The molecule has 8 heteroatoms. The molecule has 1 fully saturated rings. The lowest BCUT2D eigenvalue weighted by Gasteiger charge is -2.40. The molecule has 33 heavy (non-hydrogen) atoms. The van der Waals surface area contributed by atoms with Crippen LogP contribution in [0.4, 0.5) is 13.2 Å². The van der Waals surface area contributed by atoms with Crippen LogP contribution >= 0.6 is 0 Å². The summed E-state index contributed by atoms with van der Waals surface area (Å²) >= 11 is 0. The summed E-state index contributed by atoms with van der Waals surface area (Å²) in [7, 11) is 0. The summed E-state index contributed by atoms with van der Waals surface area (Å²) in [5, 5.41) is 8.94. The number of hydrogen-bond acceptors (Lipinski definition) is 3. The maximum atomic E-state index is 13.2. The second-order valence-corrected chi connectivity index (χ2v) is 8.38. The molecule has 2 aromatic carbocycles. The predicted molar refractivity (Wildman–Crippen MR) is 118 cm³/mol. The fraction of sp³-hybridized carbons (Fsp3) is 0.320. The van der Waals surface area contributed by atoms with Crippen LogP contribution in [0.2, 0.25) is 0 Å². The first-order valence-electron chi connectivity index (χ1n) is 10.7. The van der Waals surface area contributed by atoms with Gasteiger partial charge in [-0.15, -0.1) is 0 Å². The molecule has 0 aliphatic carbocycles. The van der Waals surface area contributed by atoms with Crippen molar-refractivity contribution in [3.63, 3.8) is 0 Å². The van der Waals surface area contributed by atoms with Gasteiger partial charge in [0.25, 0.3) is 5.91 Å². The van der Waals surface area contributed by atoms with Gasteiger partial charge in [0.1, 0.15) is 0 Å². The number of alkyl halides is 3. The number of likely N-dealkylation sites (tertiary alicyclic amines) is 1. The molecule has 170 valence electrons. The Morgan fingerprint density at radius 3 is 2.42 bits per heavy atom. The topological polar surface area (TPSA) is 72.8 Å². The number of aromatic amines is 1. The van der Waals surface area contributed by atoms with E-state index in [9.17, 15) is 18.0 Å². The molecule has 1 amide bonds. The van der Waals surface area contributed by atoms with Crippen molar-refractivity contribution in [3.8, 4) is 17.3 Å². The van der Waals surface area contributed by atoms with E-state index in [0.29, 0.717) is 47.6 Å². The first-order valence-corrected chi connectivity index (χ1v) is 10.7. The molecular weight excluding hydrogens is 429 g/mol. The van der Waals surface area contributed by atoms with Crippen LogP contribution in [0.1, 0.15) is 57.0 Å². The van der Waals surface area contributed by atoms with Crippen molar-refractivity contribution < 1.29 is 18.0 Å². The van der Waals surface area contributed by atoms with Crippen molar-refractivity contribution in [1.82, 2.24) is 14.9 Å². The number of nitriles is 1. The largest absolute Gasteiger partial charge is 0.449 e. The molecule has 1 aromatic heterocycles. The molecule has 0 saturated carbocycles. The van der Waals surface area contributed by atoms with E-state index >= 15 is 0 Å². The predicted octanol–water partition coefficient (Wildman–Crippen LogP) is 5.39. The van der Waals surface area contributed by atoms with Crippen LogP contribution in [-0.2, 0) is 12.6 Å². The van der Waals surface area contributed by atoms with Gasteiger partial charge in [-0.3, -0.25) is 4.79 Å². The van der Waals surface area contributed by atoms with Gasteiger partial charge in [0.2, 0.25) is 5.82 Å². The number of nitrogens with one attached hydrogen (secondary N) is 1. The van der Waals surface area contributed by atoms with Crippen LogP contribution in [-0.4, -0.2) is 33.9 Å². The molecule has 1 saturated heterocycles. The average Bonchev–Trinajstić information content (AvgIpc) is 3.18. The molecule has 1 aliphatic rings. The number of nitrogens with zero attached hydrogens (tertiary/aromatic N) is 3. The van der Waals surface area contributed by atoms with Crippen LogP contribution in [0.15, 0.2) is 36.4 Å². The second kappa shape index (κ2) is 8.39. The zero-order valence-electron chi connectivity index (χ0n) is 18.5. The number of hydrogen-bond donors (Lipinski definition) is 1. The number of amides is 1. The molecule has 3 aromatic rings. The Hall–Kier alpha value is -3.60. The van der Waals surface area contributed by atoms with E-state index in [4.69, 9.17) is 5.26 Å². The van der Waals surface area contributed by atoms with Gasteiger partial charge in [0.05, 0.1) is 23.0 Å². The van der Waals surface area contributed by atoms with Crippen LogP contribution in [0.3, 0.4) is 0 Å². The van der Waals surface area contributed by atoms with Gasteiger partial charge in [-0.1, -0.05) is 25.1 Å². The average molecular weight is 452 g/mol. The van der Waals surface area contributed by atoms with Crippen LogP contribution < -0.4 is 0 Å². The first-order chi connectivity index (χ1) is 15.6. The molecule has 1 N–H and O–H groups in total. The Morgan fingerprint density at radius 2 is 1.85 bits per heavy atom. The fourth-order valence-electron chi connectivity index (χ4n) is 4.23. The standard InChI is InChI=1S/C25H23F3N4O/c1-4-21-22(31-24(30-21)25(26,27)28)19-10-20(15(3)9-14(19)2)23(33)32-12-18(13-32)17-7-5-16(11-29)6-8-17/h5-10,18H,4,12-13H2,1-3H3,(H,30,31). The van der Waals surface area contributed by atoms with Gasteiger partial charge in [-0.05, 0) is 55.2 Å².